The zero-order chi connectivity index (χ0) is 14.6. The monoisotopic (exact) mass is 276 g/mol. The summed E-state index contributed by atoms with van der Waals surface area (Å²) in [4.78, 5) is 12.0. The highest BCUT2D eigenvalue weighted by Gasteiger charge is 2.34. The van der Waals surface area contributed by atoms with Crippen molar-refractivity contribution in [1.29, 1.82) is 0 Å². The third-order valence-corrected chi connectivity index (χ3v) is 4.15. The number of methoxy groups -OCH3 is 1. The van der Waals surface area contributed by atoms with Crippen LogP contribution in [0.2, 0.25) is 0 Å². The lowest BCUT2D eigenvalue weighted by atomic mass is 9.87. The van der Waals surface area contributed by atoms with Crippen molar-refractivity contribution in [2.24, 2.45) is 5.41 Å². The molecular weight excluding hydrogens is 252 g/mol. The van der Waals surface area contributed by atoms with E-state index in [-0.39, 0.29) is 11.3 Å². The minimum absolute atomic E-state index is 0.0304. The molecule has 4 nitrogen and oxygen atoms in total. The third kappa shape index (κ3) is 3.51. The van der Waals surface area contributed by atoms with Gasteiger partial charge in [-0.05, 0) is 30.4 Å². The van der Waals surface area contributed by atoms with Crippen LogP contribution in [0.5, 0.6) is 5.75 Å². The second-order valence-corrected chi connectivity index (χ2v) is 6.06. The fourth-order valence-corrected chi connectivity index (χ4v) is 2.86. The molecule has 20 heavy (non-hydrogen) atoms. The molecule has 1 aromatic carbocycles. The standard InChI is InChI=1S/C16H24N2O2/c1-16(2)10-6-9-14(16)17-11-15(19)18-12-7-4-5-8-13(12)20-3/h4-5,7-8,14,17H,6,9-11H2,1-3H3,(H,18,19). The Bertz CT molecular complexity index is 471. The van der Waals surface area contributed by atoms with Crippen LogP contribution in [0.15, 0.2) is 24.3 Å². The molecule has 1 atom stereocenters. The van der Waals surface area contributed by atoms with Gasteiger partial charge in [-0.25, -0.2) is 0 Å². The number of hydrogen-bond acceptors (Lipinski definition) is 3. The first-order valence-electron chi connectivity index (χ1n) is 7.19. The van der Waals surface area contributed by atoms with Crippen LogP contribution in [0.4, 0.5) is 5.69 Å². The van der Waals surface area contributed by atoms with Gasteiger partial charge in [0.15, 0.2) is 0 Å². The molecule has 0 bridgehead atoms. The van der Waals surface area contributed by atoms with Gasteiger partial charge in [0.2, 0.25) is 5.91 Å². The number of ether oxygens (including phenoxy) is 1. The van der Waals surface area contributed by atoms with Gasteiger partial charge < -0.3 is 15.4 Å². The fourth-order valence-electron chi connectivity index (χ4n) is 2.86. The van der Waals surface area contributed by atoms with E-state index in [0.717, 1.165) is 6.42 Å². The highest BCUT2D eigenvalue weighted by molar-refractivity contribution is 5.93. The van der Waals surface area contributed by atoms with Crippen molar-refractivity contribution in [2.75, 3.05) is 19.0 Å². The van der Waals surface area contributed by atoms with Crippen LogP contribution in [0.3, 0.4) is 0 Å². The average Bonchev–Trinajstić information content (AvgIpc) is 2.76. The summed E-state index contributed by atoms with van der Waals surface area (Å²) in [5.41, 5.74) is 0.998. The molecule has 1 aliphatic rings. The maximum Gasteiger partial charge on any atom is 0.238 e. The molecule has 1 unspecified atom stereocenters. The van der Waals surface area contributed by atoms with E-state index >= 15 is 0 Å². The van der Waals surface area contributed by atoms with Crippen LogP contribution in [0.25, 0.3) is 0 Å². The van der Waals surface area contributed by atoms with E-state index in [1.165, 1.54) is 12.8 Å². The normalized spacial score (nSPS) is 20.6. The Hall–Kier alpha value is -1.55. The second kappa shape index (κ2) is 6.27. The zero-order valence-corrected chi connectivity index (χ0v) is 12.5. The average molecular weight is 276 g/mol. The lowest BCUT2D eigenvalue weighted by Crippen LogP contribution is -2.41. The van der Waals surface area contributed by atoms with E-state index < -0.39 is 0 Å². The number of nitrogens with one attached hydrogen (secondary N) is 2. The summed E-state index contributed by atoms with van der Waals surface area (Å²) >= 11 is 0. The van der Waals surface area contributed by atoms with Gasteiger partial charge in [0.1, 0.15) is 5.75 Å². The third-order valence-electron chi connectivity index (χ3n) is 4.15. The Balaban J connectivity index is 1.87. The van der Waals surface area contributed by atoms with Crippen LogP contribution >= 0.6 is 0 Å². The first-order chi connectivity index (χ1) is 9.53. The molecule has 0 saturated heterocycles. The van der Waals surface area contributed by atoms with Gasteiger partial charge >= 0.3 is 0 Å². The molecule has 2 rings (SSSR count). The minimum atomic E-state index is -0.0304. The molecule has 1 aliphatic carbocycles. The molecule has 1 aromatic rings. The summed E-state index contributed by atoms with van der Waals surface area (Å²) in [7, 11) is 1.60. The summed E-state index contributed by atoms with van der Waals surface area (Å²) < 4.78 is 5.22. The predicted molar refractivity (Wildman–Crippen MR) is 81.0 cm³/mol. The van der Waals surface area contributed by atoms with E-state index in [4.69, 9.17) is 4.74 Å². The highest BCUT2D eigenvalue weighted by atomic mass is 16.5. The Labute approximate surface area is 120 Å². The summed E-state index contributed by atoms with van der Waals surface area (Å²) in [6, 6.07) is 7.87. The number of rotatable bonds is 5. The molecule has 0 aliphatic heterocycles. The van der Waals surface area contributed by atoms with E-state index in [0.29, 0.717) is 24.0 Å². The summed E-state index contributed by atoms with van der Waals surface area (Å²) in [5, 5.41) is 6.26. The smallest absolute Gasteiger partial charge is 0.238 e. The molecule has 0 radical (unpaired) electrons. The predicted octanol–water partition coefficient (Wildman–Crippen LogP) is 2.80. The van der Waals surface area contributed by atoms with Gasteiger partial charge in [-0.3, -0.25) is 4.79 Å². The van der Waals surface area contributed by atoms with Gasteiger partial charge in [-0.2, -0.15) is 0 Å². The van der Waals surface area contributed by atoms with Crippen molar-refractivity contribution in [3.05, 3.63) is 24.3 Å². The summed E-state index contributed by atoms with van der Waals surface area (Å²) in [6.45, 7) is 4.86. The molecular formula is C16H24N2O2. The Morgan fingerprint density at radius 1 is 1.40 bits per heavy atom. The number of amides is 1. The van der Waals surface area contributed by atoms with Crippen LogP contribution in [0, 0.1) is 5.41 Å². The molecule has 0 heterocycles. The minimum Gasteiger partial charge on any atom is -0.495 e. The number of hydrogen-bond donors (Lipinski definition) is 2. The van der Waals surface area contributed by atoms with E-state index in [9.17, 15) is 4.79 Å². The van der Waals surface area contributed by atoms with Gasteiger partial charge in [0.05, 0.1) is 19.3 Å². The fraction of sp³-hybridized carbons (Fsp3) is 0.562. The molecule has 4 heteroatoms. The quantitative estimate of drug-likeness (QED) is 0.869. The van der Waals surface area contributed by atoms with Crippen molar-refractivity contribution < 1.29 is 9.53 Å². The SMILES string of the molecule is COc1ccccc1NC(=O)CNC1CCCC1(C)C. The number of anilines is 1. The van der Waals surface area contributed by atoms with Crippen LogP contribution in [-0.4, -0.2) is 25.6 Å². The molecule has 0 spiro atoms. The number of carbonyl (C=O) groups is 1. The Kier molecular flexibility index (Phi) is 4.65. The van der Waals surface area contributed by atoms with Gasteiger partial charge in [-0.15, -0.1) is 0 Å². The summed E-state index contributed by atoms with van der Waals surface area (Å²) in [6.07, 6.45) is 3.60. The number of carbonyl (C=O) groups excluding carboxylic acids is 1. The van der Waals surface area contributed by atoms with Crippen molar-refractivity contribution in [2.45, 2.75) is 39.2 Å². The molecule has 2 N–H and O–H groups in total. The lowest BCUT2D eigenvalue weighted by Gasteiger charge is -2.27. The van der Waals surface area contributed by atoms with E-state index in [1.54, 1.807) is 7.11 Å². The van der Waals surface area contributed by atoms with E-state index in [2.05, 4.69) is 24.5 Å². The van der Waals surface area contributed by atoms with Crippen molar-refractivity contribution in [3.8, 4) is 5.75 Å². The molecule has 0 aromatic heterocycles. The van der Waals surface area contributed by atoms with Crippen molar-refractivity contribution in [3.63, 3.8) is 0 Å². The van der Waals surface area contributed by atoms with Crippen LogP contribution in [0.1, 0.15) is 33.1 Å². The van der Waals surface area contributed by atoms with Crippen LogP contribution in [-0.2, 0) is 4.79 Å². The van der Waals surface area contributed by atoms with Crippen molar-refractivity contribution >= 4 is 11.6 Å². The maximum absolute atomic E-state index is 12.0. The molecule has 1 fully saturated rings. The van der Waals surface area contributed by atoms with Gasteiger partial charge in [0.25, 0.3) is 0 Å². The largest absolute Gasteiger partial charge is 0.495 e. The zero-order valence-electron chi connectivity index (χ0n) is 12.5. The topological polar surface area (TPSA) is 50.4 Å². The van der Waals surface area contributed by atoms with E-state index in [1.807, 2.05) is 24.3 Å². The number of para-hydroxylation sites is 2. The Morgan fingerprint density at radius 2 is 2.15 bits per heavy atom. The van der Waals surface area contributed by atoms with Crippen molar-refractivity contribution in [1.82, 2.24) is 5.32 Å². The molecule has 1 amide bonds. The lowest BCUT2D eigenvalue weighted by molar-refractivity contribution is -0.115. The first kappa shape index (κ1) is 14.9. The highest BCUT2D eigenvalue weighted by Crippen LogP contribution is 2.37. The summed E-state index contributed by atoms with van der Waals surface area (Å²) in [5.74, 6) is 0.652. The number of benzene rings is 1. The molecule has 1 saturated carbocycles. The maximum atomic E-state index is 12.0. The van der Waals surface area contributed by atoms with Gasteiger partial charge in [-0.1, -0.05) is 32.4 Å². The first-order valence-corrected chi connectivity index (χ1v) is 7.19. The van der Waals surface area contributed by atoms with Crippen LogP contribution < -0.4 is 15.4 Å². The molecule has 110 valence electrons. The Morgan fingerprint density at radius 3 is 2.80 bits per heavy atom. The van der Waals surface area contributed by atoms with Gasteiger partial charge in [0, 0.05) is 6.04 Å². The second-order valence-electron chi connectivity index (χ2n) is 6.06.